The monoisotopic (exact) mass is 338 g/mol. The van der Waals surface area contributed by atoms with Gasteiger partial charge in [0.1, 0.15) is 11.8 Å². The molecule has 2 rings (SSSR count). The van der Waals surface area contributed by atoms with Gasteiger partial charge in [0.05, 0.1) is 15.6 Å². The standard InChI is InChI=1S/C15H12Cl2N2O3/c1-8(9-2-4-11(16)12(17)6-9)22-15(21)13-5-3-10(7-19-13)14(18)20/h2-8H,1H3,(H2,18,20)/t8-/m1/s1. The van der Waals surface area contributed by atoms with E-state index >= 15 is 0 Å². The maximum Gasteiger partial charge on any atom is 0.357 e. The highest BCUT2D eigenvalue weighted by atomic mass is 35.5. The van der Waals surface area contributed by atoms with E-state index in [-0.39, 0.29) is 11.3 Å². The molecule has 1 atom stereocenters. The van der Waals surface area contributed by atoms with Crippen molar-refractivity contribution < 1.29 is 14.3 Å². The minimum absolute atomic E-state index is 0.0805. The van der Waals surface area contributed by atoms with Crippen LogP contribution in [0.4, 0.5) is 0 Å². The van der Waals surface area contributed by atoms with Crippen molar-refractivity contribution in [3.63, 3.8) is 0 Å². The van der Waals surface area contributed by atoms with Gasteiger partial charge in [0, 0.05) is 6.20 Å². The smallest absolute Gasteiger partial charge is 0.357 e. The summed E-state index contributed by atoms with van der Waals surface area (Å²) in [5, 5.41) is 0.804. The van der Waals surface area contributed by atoms with Crippen LogP contribution in [-0.2, 0) is 4.74 Å². The van der Waals surface area contributed by atoms with E-state index < -0.39 is 18.0 Å². The van der Waals surface area contributed by atoms with Crippen LogP contribution in [0.5, 0.6) is 0 Å². The fraction of sp³-hybridized carbons (Fsp3) is 0.133. The summed E-state index contributed by atoms with van der Waals surface area (Å²) in [6.45, 7) is 1.70. The number of hydrogen-bond acceptors (Lipinski definition) is 4. The molecule has 22 heavy (non-hydrogen) atoms. The van der Waals surface area contributed by atoms with Gasteiger partial charge in [0.25, 0.3) is 0 Å². The summed E-state index contributed by atoms with van der Waals surface area (Å²) in [5.41, 5.74) is 6.11. The number of pyridine rings is 1. The molecule has 2 N–H and O–H groups in total. The molecular weight excluding hydrogens is 327 g/mol. The van der Waals surface area contributed by atoms with Crippen LogP contribution in [-0.4, -0.2) is 16.9 Å². The van der Waals surface area contributed by atoms with Gasteiger partial charge in [-0.2, -0.15) is 0 Å². The zero-order valence-electron chi connectivity index (χ0n) is 11.5. The maximum absolute atomic E-state index is 12.0. The zero-order chi connectivity index (χ0) is 16.3. The van der Waals surface area contributed by atoms with Crippen molar-refractivity contribution in [2.45, 2.75) is 13.0 Å². The second-order valence-corrected chi connectivity index (χ2v) is 5.33. The third-order valence-electron chi connectivity index (χ3n) is 2.95. The van der Waals surface area contributed by atoms with Gasteiger partial charge in [-0.1, -0.05) is 29.3 Å². The lowest BCUT2D eigenvalue weighted by molar-refractivity contribution is 0.0330. The van der Waals surface area contributed by atoms with Gasteiger partial charge in [-0.25, -0.2) is 9.78 Å². The summed E-state index contributed by atoms with van der Waals surface area (Å²) < 4.78 is 5.30. The van der Waals surface area contributed by atoms with Gasteiger partial charge in [-0.05, 0) is 36.8 Å². The molecule has 0 fully saturated rings. The highest BCUT2D eigenvalue weighted by Crippen LogP contribution is 2.27. The Morgan fingerprint density at radius 2 is 1.91 bits per heavy atom. The molecule has 1 heterocycles. The highest BCUT2D eigenvalue weighted by Gasteiger charge is 2.16. The lowest BCUT2D eigenvalue weighted by Gasteiger charge is -2.14. The number of carbonyl (C=O) groups excluding carboxylic acids is 2. The number of rotatable bonds is 4. The molecule has 0 aliphatic carbocycles. The Balaban J connectivity index is 2.10. The third-order valence-corrected chi connectivity index (χ3v) is 3.69. The van der Waals surface area contributed by atoms with Crippen LogP contribution in [0.2, 0.25) is 10.0 Å². The molecule has 0 aliphatic rings. The number of esters is 1. The average Bonchev–Trinajstić information content (AvgIpc) is 2.50. The molecule has 0 unspecified atom stereocenters. The van der Waals surface area contributed by atoms with Gasteiger partial charge >= 0.3 is 5.97 Å². The Morgan fingerprint density at radius 3 is 2.45 bits per heavy atom. The minimum atomic E-state index is -0.616. The molecule has 7 heteroatoms. The van der Waals surface area contributed by atoms with Crippen LogP contribution in [0.25, 0.3) is 0 Å². The molecule has 5 nitrogen and oxygen atoms in total. The van der Waals surface area contributed by atoms with Crippen molar-refractivity contribution >= 4 is 35.1 Å². The van der Waals surface area contributed by atoms with Crippen molar-refractivity contribution in [1.82, 2.24) is 4.98 Å². The number of carbonyl (C=O) groups is 2. The number of nitrogens with zero attached hydrogens (tertiary/aromatic N) is 1. The number of aromatic nitrogens is 1. The molecule has 0 saturated carbocycles. The zero-order valence-corrected chi connectivity index (χ0v) is 13.1. The second kappa shape index (κ2) is 6.77. The van der Waals surface area contributed by atoms with Crippen LogP contribution < -0.4 is 5.73 Å². The molecule has 0 radical (unpaired) electrons. The summed E-state index contributed by atoms with van der Waals surface area (Å²) in [6.07, 6.45) is 0.697. The van der Waals surface area contributed by atoms with Crippen LogP contribution >= 0.6 is 23.2 Å². The van der Waals surface area contributed by atoms with Crippen molar-refractivity contribution in [3.05, 3.63) is 63.4 Å². The van der Waals surface area contributed by atoms with Gasteiger partial charge in [0.15, 0.2) is 0 Å². The predicted octanol–water partition coefficient (Wildman–Crippen LogP) is 3.41. The lowest BCUT2D eigenvalue weighted by Crippen LogP contribution is -2.14. The molecular formula is C15H12Cl2N2O3. The topological polar surface area (TPSA) is 82.3 Å². The van der Waals surface area contributed by atoms with Gasteiger partial charge in [-0.3, -0.25) is 4.79 Å². The summed E-state index contributed by atoms with van der Waals surface area (Å²) in [7, 11) is 0. The normalized spacial score (nSPS) is 11.8. The first-order valence-electron chi connectivity index (χ1n) is 6.30. The van der Waals surface area contributed by atoms with Crippen molar-refractivity contribution in [2.75, 3.05) is 0 Å². The van der Waals surface area contributed by atoms with Crippen LogP contribution in [0.15, 0.2) is 36.5 Å². The molecule has 1 amide bonds. The van der Waals surface area contributed by atoms with E-state index in [2.05, 4.69) is 4.98 Å². The molecule has 0 saturated heterocycles. The summed E-state index contributed by atoms with van der Waals surface area (Å²) in [6, 6.07) is 7.77. The fourth-order valence-electron chi connectivity index (χ4n) is 1.71. The van der Waals surface area contributed by atoms with E-state index in [1.165, 1.54) is 18.3 Å². The van der Waals surface area contributed by atoms with Crippen LogP contribution in [0.1, 0.15) is 39.4 Å². The second-order valence-electron chi connectivity index (χ2n) is 4.52. The van der Waals surface area contributed by atoms with E-state index in [4.69, 9.17) is 33.7 Å². The molecule has 0 bridgehead atoms. The van der Waals surface area contributed by atoms with Crippen LogP contribution in [0, 0.1) is 0 Å². The summed E-state index contributed by atoms with van der Waals surface area (Å²) >= 11 is 11.8. The van der Waals surface area contributed by atoms with Crippen molar-refractivity contribution in [2.24, 2.45) is 5.73 Å². The highest BCUT2D eigenvalue weighted by molar-refractivity contribution is 6.42. The average molecular weight is 339 g/mol. The molecule has 0 aliphatic heterocycles. The Kier molecular flexibility index (Phi) is 5.00. The number of amides is 1. The number of hydrogen-bond donors (Lipinski definition) is 1. The van der Waals surface area contributed by atoms with E-state index in [1.807, 2.05) is 0 Å². The Bertz CT molecular complexity index is 717. The lowest BCUT2D eigenvalue weighted by atomic mass is 10.1. The Labute approximate surface area is 137 Å². The number of nitrogens with two attached hydrogens (primary N) is 1. The summed E-state index contributed by atoms with van der Waals surface area (Å²) in [4.78, 5) is 26.8. The molecule has 1 aromatic carbocycles. The number of benzene rings is 1. The van der Waals surface area contributed by atoms with Gasteiger partial charge < -0.3 is 10.5 Å². The molecule has 0 spiro atoms. The SMILES string of the molecule is C[C@@H](OC(=O)c1ccc(C(N)=O)cn1)c1ccc(Cl)c(Cl)c1. The number of primary amides is 1. The van der Waals surface area contributed by atoms with E-state index in [0.29, 0.717) is 15.6 Å². The van der Waals surface area contributed by atoms with Gasteiger partial charge in [-0.15, -0.1) is 0 Å². The van der Waals surface area contributed by atoms with E-state index in [1.54, 1.807) is 25.1 Å². The first kappa shape index (κ1) is 16.3. The largest absolute Gasteiger partial charge is 0.453 e. The molecule has 1 aromatic heterocycles. The number of halogens is 2. The third kappa shape index (κ3) is 3.75. The Morgan fingerprint density at radius 1 is 1.18 bits per heavy atom. The predicted molar refractivity (Wildman–Crippen MR) is 83.0 cm³/mol. The van der Waals surface area contributed by atoms with Crippen LogP contribution in [0.3, 0.4) is 0 Å². The first-order chi connectivity index (χ1) is 10.4. The van der Waals surface area contributed by atoms with E-state index in [0.717, 1.165) is 0 Å². The quantitative estimate of drug-likeness (QED) is 0.866. The fourth-order valence-corrected chi connectivity index (χ4v) is 2.02. The van der Waals surface area contributed by atoms with Crippen molar-refractivity contribution in [3.8, 4) is 0 Å². The summed E-state index contributed by atoms with van der Waals surface area (Å²) in [5.74, 6) is -1.23. The van der Waals surface area contributed by atoms with Crippen molar-refractivity contribution in [1.29, 1.82) is 0 Å². The molecule has 114 valence electrons. The first-order valence-corrected chi connectivity index (χ1v) is 7.06. The Hall–Kier alpha value is -2.11. The minimum Gasteiger partial charge on any atom is -0.453 e. The van der Waals surface area contributed by atoms with Gasteiger partial charge in [0.2, 0.25) is 5.91 Å². The number of ether oxygens (including phenoxy) is 1. The molecule has 2 aromatic rings. The van der Waals surface area contributed by atoms with E-state index in [9.17, 15) is 9.59 Å². The maximum atomic E-state index is 12.0.